The van der Waals surface area contributed by atoms with E-state index in [-0.39, 0.29) is 18.9 Å². The second kappa shape index (κ2) is 27.8. The van der Waals surface area contributed by atoms with E-state index in [4.69, 9.17) is 9.05 Å². The Labute approximate surface area is 275 Å². The average Bonchev–Trinajstić information content (AvgIpc) is 2.97. The van der Waals surface area contributed by atoms with Crippen LogP contribution in [0.15, 0.2) is 36.5 Å². The molecule has 264 valence electrons. The lowest BCUT2D eigenvalue weighted by Gasteiger charge is -2.31. The molecule has 0 aromatic rings. The Balaban J connectivity index is 4.77. The molecule has 0 radical (unpaired) electrons. The third-order valence-corrected chi connectivity index (χ3v) is 8.49. The summed E-state index contributed by atoms with van der Waals surface area (Å²) >= 11 is 0. The summed E-state index contributed by atoms with van der Waals surface area (Å²) in [7, 11) is 1.09. The number of aliphatic hydroxyl groups is 2. The molecule has 0 aliphatic carbocycles. The number of nitrogens with one attached hydrogen (secondary N) is 1. The smallest absolute Gasteiger partial charge is 0.268 e. The number of rotatable bonds is 30. The lowest BCUT2D eigenvalue weighted by Crippen LogP contribution is -2.51. The number of aliphatic hydroxyl groups excluding tert-OH is 2. The Morgan fingerprint density at radius 3 is 1.91 bits per heavy atom. The number of amides is 1. The van der Waals surface area contributed by atoms with Gasteiger partial charge in [-0.25, -0.2) is 0 Å². The van der Waals surface area contributed by atoms with E-state index >= 15 is 0 Å². The van der Waals surface area contributed by atoms with E-state index in [1.54, 1.807) is 0 Å². The normalized spacial score (nSPS) is 16.0. The Morgan fingerprint density at radius 2 is 1.36 bits per heavy atom. The highest BCUT2D eigenvalue weighted by Crippen LogP contribution is 2.38. The summed E-state index contributed by atoms with van der Waals surface area (Å²) in [4.78, 5) is 25.1. The molecule has 0 spiro atoms. The van der Waals surface area contributed by atoms with Crippen LogP contribution in [0.25, 0.3) is 0 Å². The van der Waals surface area contributed by atoms with Crippen LogP contribution in [0.4, 0.5) is 0 Å². The van der Waals surface area contributed by atoms with Gasteiger partial charge >= 0.3 is 0 Å². The number of quaternary nitrogens is 1. The highest BCUT2D eigenvalue weighted by Gasteiger charge is 2.29. The first-order chi connectivity index (χ1) is 21.4. The molecule has 0 rings (SSSR count). The van der Waals surface area contributed by atoms with Crippen LogP contribution < -0.4 is 10.2 Å². The highest BCUT2D eigenvalue weighted by molar-refractivity contribution is 7.45. The summed E-state index contributed by atoms with van der Waals surface area (Å²) in [6.45, 7) is 4.12. The van der Waals surface area contributed by atoms with Crippen LogP contribution in [0.2, 0.25) is 0 Å². The molecule has 0 aromatic carbocycles. The van der Waals surface area contributed by atoms with E-state index in [0.29, 0.717) is 30.3 Å². The molecule has 0 aliphatic rings. The summed E-state index contributed by atoms with van der Waals surface area (Å²) in [5.41, 5.74) is 0. The molecular formula is C35H67N2O7P. The van der Waals surface area contributed by atoms with Crippen molar-refractivity contribution < 1.29 is 38.0 Å². The SMILES string of the molecule is C/C=C/CC/C=C/CC/C=C/CCCC(O)C(O)C(COP(=O)([O-])OCC[N+](C)(C)C)NC(=O)CCCCCCCCCCC. The second-order valence-corrected chi connectivity index (χ2v) is 14.4. The zero-order chi connectivity index (χ0) is 33.8. The van der Waals surface area contributed by atoms with Crippen molar-refractivity contribution in [2.45, 2.75) is 141 Å². The van der Waals surface area contributed by atoms with Crippen molar-refractivity contribution in [2.24, 2.45) is 0 Å². The van der Waals surface area contributed by atoms with Gasteiger partial charge in [0.25, 0.3) is 7.82 Å². The molecule has 0 aromatic heterocycles. The summed E-state index contributed by atoms with van der Waals surface area (Å²) in [6.07, 6.45) is 26.4. The fourth-order valence-corrected chi connectivity index (χ4v) is 5.37. The van der Waals surface area contributed by atoms with E-state index in [1.807, 2.05) is 28.1 Å². The number of phosphoric acid groups is 1. The molecule has 0 bridgehead atoms. The molecule has 3 N–H and O–H groups in total. The lowest BCUT2D eigenvalue weighted by molar-refractivity contribution is -0.870. The fourth-order valence-electron chi connectivity index (χ4n) is 4.64. The van der Waals surface area contributed by atoms with Crippen LogP contribution in [0.1, 0.15) is 123 Å². The van der Waals surface area contributed by atoms with Gasteiger partial charge in [-0.3, -0.25) is 9.36 Å². The van der Waals surface area contributed by atoms with Crippen molar-refractivity contribution in [3.8, 4) is 0 Å². The molecule has 10 heteroatoms. The minimum absolute atomic E-state index is 0.0502. The van der Waals surface area contributed by atoms with E-state index in [1.165, 1.54) is 32.1 Å². The number of allylic oxidation sites excluding steroid dienone is 6. The quantitative estimate of drug-likeness (QED) is 0.0338. The summed E-state index contributed by atoms with van der Waals surface area (Å²) in [6, 6.07) is -1.09. The van der Waals surface area contributed by atoms with E-state index in [0.717, 1.165) is 51.4 Å². The van der Waals surface area contributed by atoms with Gasteiger partial charge in [-0.05, 0) is 58.3 Å². The van der Waals surface area contributed by atoms with Gasteiger partial charge < -0.3 is 34.0 Å². The molecule has 4 unspecified atom stereocenters. The average molecular weight is 659 g/mol. The minimum Gasteiger partial charge on any atom is -0.756 e. The lowest BCUT2D eigenvalue weighted by atomic mass is 10.0. The van der Waals surface area contributed by atoms with Crippen LogP contribution in [0.5, 0.6) is 0 Å². The zero-order valence-corrected chi connectivity index (χ0v) is 30.1. The zero-order valence-electron chi connectivity index (χ0n) is 29.2. The van der Waals surface area contributed by atoms with Gasteiger partial charge in [-0.15, -0.1) is 0 Å². The molecule has 0 aliphatic heterocycles. The highest BCUT2D eigenvalue weighted by atomic mass is 31.2. The number of hydrogen-bond donors (Lipinski definition) is 3. The largest absolute Gasteiger partial charge is 0.756 e. The summed E-state index contributed by atoms with van der Waals surface area (Å²) < 4.78 is 22.9. The first-order valence-electron chi connectivity index (χ1n) is 17.4. The predicted molar refractivity (Wildman–Crippen MR) is 184 cm³/mol. The van der Waals surface area contributed by atoms with Crippen molar-refractivity contribution in [3.63, 3.8) is 0 Å². The summed E-state index contributed by atoms with van der Waals surface area (Å²) in [5.74, 6) is -0.303. The Bertz CT molecular complexity index is 857. The topological polar surface area (TPSA) is 128 Å². The number of carbonyl (C=O) groups is 1. The van der Waals surface area contributed by atoms with Gasteiger partial charge in [0.05, 0.1) is 39.9 Å². The molecule has 45 heavy (non-hydrogen) atoms. The van der Waals surface area contributed by atoms with Crippen molar-refractivity contribution in [2.75, 3.05) is 40.9 Å². The third kappa shape index (κ3) is 28.6. The molecule has 0 heterocycles. The second-order valence-electron chi connectivity index (χ2n) is 13.0. The van der Waals surface area contributed by atoms with Crippen LogP contribution in [-0.4, -0.2) is 79.8 Å². The Kier molecular flexibility index (Phi) is 26.9. The number of unbranched alkanes of at least 4 members (excludes halogenated alkanes) is 11. The number of phosphoric ester groups is 1. The van der Waals surface area contributed by atoms with Crippen molar-refractivity contribution >= 4 is 13.7 Å². The van der Waals surface area contributed by atoms with Crippen LogP contribution in [0, 0.1) is 0 Å². The van der Waals surface area contributed by atoms with Gasteiger partial charge in [-0.1, -0.05) is 94.7 Å². The predicted octanol–water partition coefficient (Wildman–Crippen LogP) is 6.74. The van der Waals surface area contributed by atoms with E-state index in [9.17, 15) is 24.5 Å². The number of likely N-dealkylation sites (N-methyl/N-ethyl adjacent to an activating group) is 1. The molecule has 0 saturated heterocycles. The molecule has 9 nitrogen and oxygen atoms in total. The monoisotopic (exact) mass is 658 g/mol. The van der Waals surface area contributed by atoms with Gasteiger partial charge in [0, 0.05) is 6.42 Å². The summed E-state index contributed by atoms with van der Waals surface area (Å²) in [5, 5.41) is 24.3. The molecule has 0 fully saturated rings. The van der Waals surface area contributed by atoms with Crippen LogP contribution in [-0.2, 0) is 18.4 Å². The van der Waals surface area contributed by atoms with Gasteiger partial charge in [0.15, 0.2) is 0 Å². The Morgan fingerprint density at radius 1 is 0.822 bits per heavy atom. The number of nitrogens with zero attached hydrogens (tertiary/aromatic N) is 1. The van der Waals surface area contributed by atoms with Crippen LogP contribution in [0.3, 0.4) is 0 Å². The maximum atomic E-state index is 12.7. The van der Waals surface area contributed by atoms with Gasteiger partial charge in [-0.2, -0.15) is 0 Å². The standard InChI is InChI=1S/C35H67N2O7P/c1-6-8-10-12-14-16-17-18-20-21-23-25-27-33(38)35(40)32(31-44-45(41,42)43-30-29-37(3,4)5)36-34(39)28-26-24-22-19-15-13-11-9-7-2/h6,8,14,16,20-21,32-33,35,38,40H,7,9-13,15,17-19,22-31H2,1-5H3,(H-,36,39,41,42)/b8-6+,16-14+,21-20+. The fraction of sp³-hybridized carbons (Fsp3) is 0.800. The third-order valence-electron chi connectivity index (χ3n) is 7.52. The first kappa shape index (κ1) is 43.7. The molecule has 1 amide bonds. The number of hydrogen-bond acceptors (Lipinski definition) is 7. The van der Waals surface area contributed by atoms with Crippen molar-refractivity contribution in [1.29, 1.82) is 0 Å². The molecule has 0 saturated carbocycles. The maximum absolute atomic E-state index is 12.7. The van der Waals surface area contributed by atoms with Gasteiger partial charge in [0.2, 0.25) is 5.91 Å². The van der Waals surface area contributed by atoms with E-state index < -0.39 is 32.7 Å². The molecular weight excluding hydrogens is 591 g/mol. The van der Waals surface area contributed by atoms with Crippen molar-refractivity contribution in [1.82, 2.24) is 5.32 Å². The van der Waals surface area contributed by atoms with Gasteiger partial charge in [0.1, 0.15) is 19.3 Å². The number of carbonyl (C=O) groups excluding carboxylic acids is 1. The molecule has 4 atom stereocenters. The Hall–Kier alpha value is -1.32. The minimum atomic E-state index is -4.66. The van der Waals surface area contributed by atoms with Crippen LogP contribution >= 0.6 is 7.82 Å². The van der Waals surface area contributed by atoms with Crippen molar-refractivity contribution in [3.05, 3.63) is 36.5 Å². The first-order valence-corrected chi connectivity index (χ1v) is 18.8. The van der Waals surface area contributed by atoms with E-state index in [2.05, 4.69) is 48.7 Å². The maximum Gasteiger partial charge on any atom is 0.268 e.